The first kappa shape index (κ1) is 23.2. The predicted molar refractivity (Wildman–Crippen MR) is 115 cm³/mol. The molecule has 0 aliphatic heterocycles. The molecule has 0 spiro atoms. The molecule has 1 heterocycles. The van der Waals surface area contributed by atoms with Crippen molar-refractivity contribution in [1.29, 1.82) is 0 Å². The van der Waals surface area contributed by atoms with Gasteiger partial charge in [-0.15, -0.1) is 11.8 Å². The van der Waals surface area contributed by atoms with E-state index in [1.807, 2.05) is 45.0 Å². The number of aliphatic hydroxyl groups excluding tert-OH is 1. The van der Waals surface area contributed by atoms with Crippen molar-refractivity contribution in [2.24, 2.45) is 0 Å². The van der Waals surface area contributed by atoms with Crippen molar-refractivity contribution < 1.29 is 14.6 Å². The van der Waals surface area contributed by atoms with Crippen LogP contribution in [0.4, 0.5) is 10.6 Å². The van der Waals surface area contributed by atoms with Gasteiger partial charge in [-0.2, -0.15) is 5.10 Å². The molecule has 0 atom stereocenters. The van der Waals surface area contributed by atoms with Crippen LogP contribution in [0.3, 0.4) is 0 Å². The maximum atomic E-state index is 12.1. The van der Waals surface area contributed by atoms with Crippen molar-refractivity contribution in [1.82, 2.24) is 9.78 Å². The Kier molecular flexibility index (Phi) is 7.93. The molecule has 154 valence electrons. The fourth-order valence-electron chi connectivity index (χ4n) is 2.19. The molecule has 6 nitrogen and oxygen atoms in total. The highest BCUT2D eigenvalue weighted by atomic mass is 35.6. The summed E-state index contributed by atoms with van der Waals surface area (Å²) >= 11 is 18.4. The number of thioether (sulfide) groups is 1. The van der Waals surface area contributed by atoms with E-state index in [0.717, 1.165) is 16.3 Å². The van der Waals surface area contributed by atoms with Gasteiger partial charge in [0.1, 0.15) is 12.4 Å². The number of amides is 1. The van der Waals surface area contributed by atoms with Gasteiger partial charge in [0.15, 0.2) is 0 Å². The second kappa shape index (κ2) is 9.59. The maximum Gasteiger partial charge on any atom is 0.412 e. The predicted octanol–water partition coefficient (Wildman–Crippen LogP) is 5.17. The Morgan fingerprint density at radius 3 is 2.61 bits per heavy atom. The van der Waals surface area contributed by atoms with Crippen LogP contribution in [0.25, 0.3) is 5.69 Å². The van der Waals surface area contributed by atoms with E-state index < -0.39 is 9.89 Å². The average Bonchev–Trinajstić information content (AvgIpc) is 3.02. The number of halogens is 3. The number of aliphatic hydroxyl groups is 1. The molecule has 1 aromatic heterocycles. The molecule has 0 bridgehead atoms. The second-order valence-electron chi connectivity index (χ2n) is 6.96. The van der Waals surface area contributed by atoms with Crippen LogP contribution in [0.2, 0.25) is 0 Å². The van der Waals surface area contributed by atoms with Gasteiger partial charge in [0.25, 0.3) is 0 Å². The van der Waals surface area contributed by atoms with Gasteiger partial charge >= 0.3 is 6.09 Å². The van der Waals surface area contributed by atoms with Crippen molar-refractivity contribution >= 4 is 58.5 Å². The third kappa shape index (κ3) is 7.04. The molecule has 2 rings (SSSR count). The Hall–Kier alpha value is -1.12. The van der Waals surface area contributed by atoms with Crippen LogP contribution in [-0.2, 0) is 10.2 Å². The fraction of sp³-hybridized carbons (Fsp3) is 0.444. The Bertz CT molecular complexity index is 816. The van der Waals surface area contributed by atoms with E-state index >= 15 is 0 Å². The quantitative estimate of drug-likeness (QED) is 0.453. The van der Waals surface area contributed by atoms with Gasteiger partial charge in [0, 0.05) is 22.1 Å². The SMILES string of the molecule is CC(C)(C)c1cc(NC(=O)OCC(Cl)(Cl)Cl)n(-c2cccc(SCCO)c2)n1. The van der Waals surface area contributed by atoms with E-state index in [1.165, 1.54) is 11.8 Å². The number of benzene rings is 1. The Morgan fingerprint density at radius 2 is 2.00 bits per heavy atom. The van der Waals surface area contributed by atoms with E-state index in [-0.39, 0.29) is 18.6 Å². The van der Waals surface area contributed by atoms with Crippen molar-refractivity contribution in [3.05, 3.63) is 36.0 Å². The first-order valence-electron chi connectivity index (χ1n) is 8.45. The molecule has 0 saturated carbocycles. The van der Waals surface area contributed by atoms with Crippen LogP contribution in [0.15, 0.2) is 35.2 Å². The van der Waals surface area contributed by atoms with Crippen LogP contribution >= 0.6 is 46.6 Å². The minimum Gasteiger partial charge on any atom is -0.445 e. The van der Waals surface area contributed by atoms with Crippen molar-refractivity contribution in [3.8, 4) is 5.69 Å². The average molecular weight is 467 g/mol. The molecule has 0 fully saturated rings. The third-order valence-electron chi connectivity index (χ3n) is 3.50. The summed E-state index contributed by atoms with van der Waals surface area (Å²) in [7, 11) is 0. The molecular weight excluding hydrogens is 445 g/mol. The number of hydrogen-bond donors (Lipinski definition) is 2. The zero-order valence-electron chi connectivity index (χ0n) is 15.7. The molecular formula is C18H22Cl3N3O3S. The van der Waals surface area contributed by atoms with Gasteiger partial charge < -0.3 is 9.84 Å². The van der Waals surface area contributed by atoms with Gasteiger partial charge in [0.2, 0.25) is 3.79 Å². The highest BCUT2D eigenvalue weighted by Crippen LogP contribution is 2.29. The third-order valence-corrected chi connectivity index (χ3v) is 4.80. The van der Waals surface area contributed by atoms with Crippen molar-refractivity contribution in [2.45, 2.75) is 34.9 Å². The van der Waals surface area contributed by atoms with Crippen LogP contribution in [-0.4, -0.2) is 43.7 Å². The normalized spacial score (nSPS) is 12.1. The maximum absolute atomic E-state index is 12.1. The largest absolute Gasteiger partial charge is 0.445 e. The Morgan fingerprint density at radius 1 is 1.29 bits per heavy atom. The van der Waals surface area contributed by atoms with E-state index in [2.05, 4.69) is 10.4 Å². The summed E-state index contributed by atoms with van der Waals surface area (Å²) in [6.07, 6.45) is -0.751. The van der Waals surface area contributed by atoms with Gasteiger partial charge in [-0.3, -0.25) is 5.32 Å². The number of rotatable bonds is 6. The number of alkyl halides is 3. The summed E-state index contributed by atoms with van der Waals surface area (Å²) in [5.41, 5.74) is 1.32. The minimum absolute atomic E-state index is 0.0900. The zero-order chi connectivity index (χ0) is 20.9. The topological polar surface area (TPSA) is 76.4 Å². The number of hydrogen-bond acceptors (Lipinski definition) is 5. The minimum atomic E-state index is -1.69. The van der Waals surface area contributed by atoms with E-state index in [4.69, 9.17) is 44.6 Å². The summed E-state index contributed by atoms with van der Waals surface area (Å²) < 4.78 is 4.89. The molecule has 2 aromatic rings. The molecule has 0 aliphatic rings. The van der Waals surface area contributed by atoms with Gasteiger partial charge in [-0.25, -0.2) is 9.48 Å². The molecule has 10 heteroatoms. The zero-order valence-corrected chi connectivity index (χ0v) is 18.8. The van der Waals surface area contributed by atoms with Crippen molar-refractivity contribution in [2.75, 3.05) is 24.3 Å². The Labute approximate surface area is 183 Å². The summed E-state index contributed by atoms with van der Waals surface area (Å²) in [6, 6.07) is 9.42. The number of carbonyl (C=O) groups is 1. The van der Waals surface area contributed by atoms with Crippen LogP contribution in [0.5, 0.6) is 0 Å². The standard InChI is InChI=1S/C18H22Cl3N3O3S/c1-17(2,3)14-10-15(22-16(26)27-11-18(19,20)21)24(23-14)12-5-4-6-13(9-12)28-8-7-25/h4-6,9-10,25H,7-8,11H2,1-3H3,(H,22,26). The number of aromatic nitrogens is 2. The van der Waals surface area contributed by atoms with E-state index in [9.17, 15) is 4.79 Å². The molecule has 0 saturated heterocycles. The molecule has 28 heavy (non-hydrogen) atoms. The molecule has 0 unspecified atom stereocenters. The highest BCUT2D eigenvalue weighted by molar-refractivity contribution is 7.99. The second-order valence-corrected chi connectivity index (χ2v) is 10.6. The van der Waals surface area contributed by atoms with Gasteiger partial charge in [-0.1, -0.05) is 61.6 Å². The summed E-state index contributed by atoms with van der Waals surface area (Å²) in [5.74, 6) is 1.02. The first-order chi connectivity index (χ1) is 13.0. The fourth-order valence-corrected chi connectivity index (χ4v) is 3.06. The van der Waals surface area contributed by atoms with Crippen LogP contribution < -0.4 is 5.32 Å². The number of anilines is 1. The monoisotopic (exact) mass is 465 g/mol. The van der Waals surface area contributed by atoms with E-state index in [0.29, 0.717) is 11.6 Å². The highest BCUT2D eigenvalue weighted by Gasteiger charge is 2.24. The van der Waals surface area contributed by atoms with E-state index in [1.54, 1.807) is 10.7 Å². The molecule has 1 amide bonds. The van der Waals surface area contributed by atoms with Crippen LogP contribution in [0, 0.1) is 0 Å². The lowest BCUT2D eigenvalue weighted by Crippen LogP contribution is -2.22. The molecule has 0 aliphatic carbocycles. The molecule has 2 N–H and O–H groups in total. The number of carbonyl (C=O) groups excluding carboxylic acids is 1. The molecule has 0 radical (unpaired) electrons. The lowest BCUT2D eigenvalue weighted by Gasteiger charge is -2.14. The smallest absolute Gasteiger partial charge is 0.412 e. The first-order valence-corrected chi connectivity index (χ1v) is 10.6. The Balaban J connectivity index is 2.32. The van der Waals surface area contributed by atoms with Gasteiger partial charge in [-0.05, 0) is 18.2 Å². The van der Waals surface area contributed by atoms with Crippen molar-refractivity contribution in [3.63, 3.8) is 0 Å². The summed E-state index contributed by atoms with van der Waals surface area (Å²) in [6.45, 7) is 5.79. The lowest BCUT2D eigenvalue weighted by atomic mass is 9.92. The number of ether oxygens (including phenoxy) is 1. The molecule has 1 aromatic carbocycles. The van der Waals surface area contributed by atoms with Gasteiger partial charge in [0.05, 0.1) is 18.0 Å². The summed E-state index contributed by atoms with van der Waals surface area (Å²) in [5, 5.41) is 16.3. The summed E-state index contributed by atoms with van der Waals surface area (Å²) in [4.78, 5) is 13.1. The van der Waals surface area contributed by atoms with Crippen LogP contribution in [0.1, 0.15) is 26.5 Å². The lowest BCUT2D eigenvalue weighted by molar-refractivity contribution is 0.163. The number of nitrogens with one attached hydrogen (secondary N) is 1. The number of nitrogens with zero attached hydrogens (tertiary/aromatic N) is 2.